The van der Waals surface area contributed by atoms with Gasteiger partial charge >= 0.3 is 6.18 Å². The van der Waals surface area contributed by atoms with Crippen LogP contribution in [0.1, 0.15) is 30.5 Å². The second-order valence-corrected chi connectivity index (χ2v) is 6.24. The normalized spacial score (nSPS) is 11.7. The Bertz CT molecular complexity index is 815. The number of aliphatic hydroxyl groups is 1. The first-order valence-corrected chi connectivity index (χ1v) is 7.71. The monoisotopic (exact) mass is 365 g/mol. The standard InChI is InChI=1S/C17H18F3N5O/c1-16(2,10-26)25-14-12(7-21)9-23-15(24-14)22-8-11-5-3-4-6-13(11)17(18,19)20/h3-6,9,26H,8,10H2,1-2H3,(H2,22,23,24,25). The highest BCUT2D eigenvalue weighted by Crippen LogP contribution is 2.32. The number of nitrogens with zero attached hydrogens (tertiary/aromatic N) is 3. The van der Waals surface area contributed by atoms with Crippen molar-refractivity contribution in [3.63, 3.8) is 0 Å². The third-order valence-electron chi connectivity index (χ3n) is 3.52. The fourth-order valence-corrected chi connectivity index (χ4v) is 2.13. The highest BCUT2D eigenvalue weighted by atomic mass is 19.4. The maximum atomic E-state index is 13.0. The van der Waals surface area contributed by atoms with Gasteiger partial charge in [-0.25, -0.2) is 4.98 Å². The maximum Gasteiger partial charge on any atom is 0.416 e. The maximum absolute atomic E-state index is 13.0. The van der Waals surface area contributed by atoms with Gasteiger partial charge in [0.05, 0.1) is 23.9 Å². The van der Waals surface area contributed by atoms with Crippen LogP contribution in [0.4, 0.5) is 24.9 Å². The molecular formula is C17H18F3N5O. The molecule has 2 rings (SSSR count). The summed E-state index contributed by atoms with van der Waals surface area (Å²) in [5.41, 5.74) is -1.26. The van der Waals surface area contributed by atoms with Gasteiger partial charge in [-0.15, -0.1) is 0 Å². The Morgan fingerprint density at radius 3 is 2.54 bits per heavy atom. The van der Waals surface area contributed by atoms with E-state index in [1.54, 1.807) is 13.8 Å². The van der Waals surface area contributed by atoms with Crippen LogP contribution < -0.4 is 10.6 Å². The summed E-state index contributed by atoms with van der Waals surface area (Å²) < 4.78 is 39.1. The Hall–Kier alpha value is -2.86. The summed E-state index contributed by atoms with van der Waals surface area (Å²) in [5, 5.41) is 24.1. The molecule has 0 atom stereocenters. The topological polar surface area (TPSA) is 93.9 Å². The molecule has 2 aromatic rings. The number of nitriles is 1. The van der Waals surface area contributed by atoms with Gasteiger partial charge in [0.2, 0.25) is 5.95 Å². The molecule has 1 aromatic carbocycles. The molecule has 26 heavy (non-hydrogen) atoms. The summed E-state index contributed by atoms with van der Waals surface area (Å²) in [5.74, 6) is 0.255. The van der Waals surface area contributed by atoms with Crippen LogP contribution in [0.15, 0.2) is 30.5 Å². The summed E-state index contributed by atoms with van der Waals surface area (Å²) in [6.07, 6.45) is -3.19. The van der Waals surface area contributed by atoms with Gasteiger partial charge in [-0.1, -0.05) is 18.2 Å². The molecule has 0 saturated heterocycles. The van der Waals surface area contributed by atoms with E-state index in [0.717, 1.165) is 6.07 Å². The molecule has 0 bridgehead atoms. The molecule has 1 aromatic heterocycles. The molecule has 0 spiro atoms. The fraction of sp³-hybridized carbons (Fsp3) is 0.353. The molecule has 0 aliphatic carbocycles. The first kappa shape index (κ1) is 19.5. The summed E-state index contributed by atoms with van der Waals surface area (Å²) >= 11 is 0. The quantitative estimate of drug-likeness (QED) is 0.728. The van der Waals surface area contributed by atoms with Gasteiger partial charge in [-0.05, 0) is 25.5 Å². The zero-order chi connectivity index (χ0) is 19.4. The van der Waals surface area contributed by atoms with E-state index in [1.807, 2.05) is 6.07 Å². The van der Waals surface area contributed by atoms with E-state index < -0.39 is 17.3 Å². The second kappa shape index (κ2) is 7.58. The number of nitrogens with one attached hydrogen (secondary N) is 2. The number of hydrogen-bond acceptors (Lipinski definition) is 6. The molecule has 0 saturated carbocycles. The van der Waals surface area contributed by atoms with E-state index in [2.05, 4.69) is 20.6 Å². The predicted octanol–water partition coefficient (Wildman–Crippen LogP) is 3.16. The number of halogens is 3. The van der Waals surface area contributed by atoms with Gasteiger partial charge in [0, 0.05) is 6.54 Å². The van der Waals surface area contributed by atoms with Crippen molar-refractivity contribution in [3.05, 3.63) is 47.2 Å². The van der Waals surface area contributed by atoms with Crippen LogP contribution >= 0.6 is 0 Å². The van der Waals surface area contributed by atoms with Crippen molar-refractivity contribution in [2.45, 2.75) is 32.1 Å². The summed E-state index contributed by atoms with van der Waals surface area (Å²) in [6, 6.07) is 7.14. The third-order valence-corrected chi connectivity index (χ3v) is 3.52. The predicted molar refractivity (Wildman–Crippen MR) is 90.3 cm³/mol. The van der Waals surface area contributed by atoms with Crippen molar-refractivity contribution in [1.29, 1.82) is 5.26 Å². The lowest BCUT2D eigenvalue weighted by molar-refractivity contribution is -0.138. The van der Waals surface area contributed by atoms with Gasteiger partial charge in [0.15, 0.2) is 0 Å². The molecule has 0 radical (unpaired) electrons. The molecule has 1 heterocycles. The number of rotatable bonds is 6. The van der Waals surface area contributed by atoms with Gasteiger partial charge in [0.1, 0.15) is 17.5 Å². The van der Waals surface area contributed by atoms with Crippen LogP contribution in [-0.2, 0) is 12.7 Å². The van der Waals surface area contributed by atoms with Crippen molar-refractivity contribution in [2.75, 3.05) is 17.2 Å². The van der Waals surface area contributed by atoms with Crippen molar-refractivity contribution >= 4 is 11.8 Å². The summed E-state index contributed by atoms with van der Waals surface area (Å²) in [7, 11) is 0. The molecule has 138 valence electrons. The van der Waals surface area contributed by atoms with Crippen molar-refractivity contribution in [2.24, 2.45) is 0 Å². The first-order valence-electron chi connectivity index (χ1n) is 7.71. The van der Waals surface area contributed by atoms with Crippen LogP contribution in [-0.4, -0.2) is 27.2 Å². The number of hydrogen-bond donors (Lipinski definition) is 3. The van der Waals surface area contributed by atoms with Gasteiger partial charge in [-0.3, -0.25) is 0 Å². The molecule has 3 N–H and O–H groups in total. The Balaban J connectivity index is 2.23. The van der Waals surface area contributed by atoms with Gasteiger partial charge in [0.25, 0.3) is 0 Å². The minimum atomic E-state index is -4.46. The highest BCUT2D eigenvalue weighted by molar-refractivity contribution is 5.54. The van der Waals surface area contributed by atoms with Crippen molar-refractivity contribution in [1.82, 2.24) is 9.97 Å². The third kappa shape index (κ3) is 4.83. The van der Waals surface area contributed by atoms with Gasteiger partial charge in [-0.2, -0.15) is 23.4 Å². The number of alkyl halides is 3. The fourth-order valence-electron chi connectivity index (χ4n) is 2.13. The van der Waals surface area contributed by atoms with E-state index in [1.165, 1.54) is 24.4 Å². The number of aliphatic hydroxyl groups excluding tert-OH is 1. The number of aromatic nitrogens is 2. The summed E-state index contributed by atoms with van der Waals surface area (Å²) in [4.78, 5) is 8.08. The lowest BCUT2D eigenvalue weighted by Crippen LogP contribution is -2.35. The smallest absolute Gasteiger partial charge is 0.394 e. The Kier molecular flexibility index (Phi) is 5.67. The zero-order valence-electron chi connectivity index (χ0n) is 14.2. The van der Waals surface area contributed by atoms with Crippen LogP contribution in [0, 0.1) is 11.3 Å². The van der Waals surface area contributed by atoms with Crippen LogP contribution in [0.3, 0.4) is 0 Å². The lowest BCUT2D eigenvalue weighted by atomic mass is 10.1. The molecule has 0 amide bonds. The van der Waals surface area contributed by atoms with E-state index in [0.29, 0.717) is 0 Å². The Labute approximate surface area is 148 Å². The van der Waals surface area contributed by atoms with Crippen molar-refractivity contribution in [3.8, 4) is 6.07 Å². The van der Waals surface area contributed by atoms with Gasteiger partial charge < -0.3 is 15.7 Å². The van der Waals surface area contributed by atoms with Crippen molar-refractivity contribution < 1.29 is 18.3 Å². The Morgan fingerprint density at radius 1 is 1.23 bits per heavy atom. The molecule has 0 unspecified atom stereocenters. The minimum Gasteiger partial charge on any atom is -0.394 e. The highest BCUT2D eigenvalue weighted by Gasteiger charge is 2.32. The Morgan fingerprint density at radius 2 is 1.92 bits per heavy atom. The molecule has 0 aliphatic heterocycles. The minimum absolute atomic E-state index is 0.0538. The molecule has 9 heteroatoms. The number of anilines is 2. The SMILES string of the molecule is CC(C)(CO)Nc1nc(NCc2ccccc2C(F)(F)F)ncc1C#N. The zero-order valence-corrected chi connectivity index (χ0v) is 14.2. The molecule has 6 nitrogen and oxygen atoms in total. The van der Waals surface area contributed by atoms with Crippen LogP contribution in [0.5, 0.6) is 0 Å². The lowest BCUT2D eigenvalue weighted by Gasteiger charge is -2.24. The first-order chi connectivity index (χ1) is 12.2. The second-order valence-electron chi connectivity index (χ2n) is 6.24. The average molecular weight is 365 g/mol. The molecule has 0 fully saturated rings. The largest absolute Gasteiger partial charge is 0.416 e. The van der Waals surface area contributed by atoms with E-state index >= 15 is 0 Å². The van der Waals surface area contributed by atoms with Crippen LogP contribution in [0.2, 0.25) is 0 Å². The van der Waals surface area contributed by atoms with E-state index in [4.69, 9.17) is 5.26 Å². The number of benzene rings is 1. The average Bonchev–Trinajstić information content (AvgIpc) is 2.59. The van der Waals surface area contributed by atoms with E-state index in [9.17, 15) is 18.3 Å². The van der Waals surface area contributed by atoms with Crippen LogP contribution in [0.25, 0.3) is 0 Å². The van der Waals surface area contributed by atoms with E-state index in [-0.39, 0.29) is 36.0 Å². The summed E-state index contributed by atoms with van der Waals surface area (Å²) in [6.45, 7) is 3.08. The molecule has 0 aliphatic rings. The molecular weight excluding hydrogens is 347 g/mol.